The lowest BCUT2D eigenvalue weighted by Crippen LogP contribution is -2.13. The van der Waals surface area contributed by atoms with E-state index in [1.807, 2.05) is 47.9 Å². The lowest BCUT2D eigenvalue weighted by Gasteiger charge is -2.10. The maximum atomic E-state index is 12.8. The Hall–Kier alpha value is -3.19. The maximum Gasteiger partial charge on any atom is 0.261 e. The van der Waals surface area contributed by atoms with Crippen LogP contribution in [0.1, 0.15) is 6.92 Å². The highest BCUT2D eigenvalue weighted by atomic mass is 32.2. The van der Waals surface area contributed by atoms with E-state index in [9.17, 15) is 8.42 Å². The van der Waals surface area contributed by atoms with Gasteiger partial charge >= 0.3 is 0 Å². The first-order valence-corrected chi connectivity index (χ1v) is 10.0. The summed E-state index contributed by atoms with van der Waals surface area (Å²) in [6, 6.07) is 19.9. The zero-order chi connectivity index (χ0) is 18.9. The minimum atomic E-state index is -3.70. The molecule has 3 aromatic carbocycles. The molecular weight excluding hydrogens is 360 g/mol. The topological polar surface area (TPSA) is 76.9 Å². The zero-order valence-electron chi connectivity index (χ0n) is 14.7. The largest absolute Gasteiger partial charge is 0.314 e. The van der Waals surface area contributed by atoms with E-state index < -0.39 is 10.0 Å². The molecule has 0 aliphatic rings. The van der Waals surface area contributed by atoms with Gasteiger partial charge in [0.1, 0.15) is 6.33 Å². The van der Waals surface area contributed by atoms with E-state index in [-0.39, 0.29) is 4.90 Å². The third kappa shape index (κ3) is 3.41. The Kier molecular flexibility index (Phi) is 4.37. The Morgan fingerprint density at radius 3 is 2.59 bits per heavy atom. The van der Waals surface area contributed by atoms with E-state index in [4.69, 9.17) is 0 Å². The highest BCUT2D eigenvalue weighted by Gasteiger charge is 2.15. The van der Waals surface area contributed by atoms with Crippen molar-refractivity contribution in [3.05, 3.63) is 73.1 Å². The van der Waals surface area contributed by atoms with Gasteiger partial charge in [0.2, 0.25) is 0 Å². The van der Waals surface area contributed by atoms with Crippen LogP contribution in [0.15, 0.2) is 78.0 Å². The van der Waals surface area contributed by atoms with Gasteiger partial charge in [0.15, 0.2) is 5.82 Å². The Bertz CT molecular complexity index is 1220. The van der Waals surface area contributed by atoms with E-state index in [2.05, 4.69) is 14.9 Å². The van der Waals surface area contributed by atoms with Crippen LogP contribution < -0.4 is 4.72 Å². The Morgan fingerprint density at radius 2 is 1.78 bits per heavy atom. The average Bonchev–Trinajstić information content (AvgIpc) is 3.16. The highest BCUT2D eigenvalue weighted by molar-refractivity contribution is 7.92. The van der Waals surface area contributed by atoms with Crippen molar-refractivity contribution in [1.29, 1.82) is 0 Å². The molecule has 0 atom stereocenters. The van der Waals surface area contributed by atoms with Gasteiger partial charge in [-0.05, 0) is 42.0 Å². The van der Waals surface area contributed by atoms with Gasteiger partial charge in [-0.15, -0.1) is 10.2 Å². The Morgan fingerprint density at radius 1 is 0.963 bits per heavy atom. The fraction of sp³-hybridized carbons (Fsp3) is 0.100. The summed E-state index contributed by atoms with van der Waals surface area (Å²) in [6.45, 7) is 2.73. The van der Waals surface area contributed by atoms with Crippen LogP contribution in [-0.4, -0.2) is 23.2 Å². The number of fused-ring (bicyclic) bond motifs is 1. The number of nitrogens with one attached hydrogen (secondary N) is 1. The molecular formula is C20H18N4O2S. The number of rotatable bonds is 5. The molecule has 4 rings (SSSR count). The van der Waals surface area contributed by atoms with Crippen molar-refractivity contribution >= 4 is 26.5 Å². The number of aromatic nitrogens is 3. The van der Waals surface area contributed by atoms with Crippen molar-refractivity contribution in [3.8, 4) is 11.4 Å². The number of aryl methyl sites for hydroxylation is 1. The van der Waals surface area contributed by atoms with Gasteiger partial charge in [0.25, 0.3) is 10.0 Å². The molecule has 0 bridgehead atoms. The van der Waals surface area contributed by atoms with Gasteiger partial charge in [-0.1, -0.05) is 42.5 Å². The predicted octanol–water partition coefficient (Wildman–Crippen LogP) is 3.92. The van der Waals surface area contributed by atoms with Crippen molar-refractivity contribution < 1.29 is 8.42 Å². The minimum absolute atomic E-state index is 0.225. The molecule has 27 heavy (non-hydrogen) atoms. The first-order chi connectivity index (χ1) is 13.1. The normalized spacial score (nSPS) is 11.6. The SMILES string of the molecule is CCn1cnnc1-c1cccc(NS(=O)(=O)c2ccc3ccccc3c2)c1. The molecule has 7 heteroatoms. The molecule has 0 aliphatic heterocycles. The number of hydrogen-bond donors (Lipinski definition) is 1. The number of sulfonamides is 1. The molecule has 6 nitrogen and oxygen atoms in total. The van der Waals surface area contributed by atoms with Crippen LogP contribution in [0.3, 0.4) is 0 Å². The quantitative estimate of drug-likeness (QED) is 0.571. The van der Waals surface area contributed by atoms with Crippen LogP contribution in [-0.2, 0) is 16.6 Å². The van der Waals surface area contributed by atoms with Gasteiger partial charge < -0.3 is 4.57 Å². The summed E-state index contributed by atoms with van der Waals surface area (Å²) >= 11 is 0. The van der Waals surface area contributed by atoms with Crippen LogP contribution in [0.5, 0.6) is 0 Å². The van der Waals surface area contributed by atoms with Crippen LogP contribution in [0.4, 0.5) is 5.69 Å². The van der Waals surface area contributed by atoms with Crippen LogP contribution in [0.25, 0.3) is 22.2 Å². The standard InChI is InChI=1S/C20H18N4O2S/c1-2-24-14-21-22-20(24)17-8-5-9-18(12-17)23-27(25,26)19-11-10-15-6-3-4-7-16(15)13-19/h3-14,23H,2H2,1H3. The molecule has 1 heterocycles. The monoisotopic (exact) mass is 378 g/mol. The van der Waals surface area contributed by atoms with Crippen molar-refractivity contribution in [2.45, 2.75) is 18.4 Å². The molecule has 0 aliphatic carbocycles. The van der Waals surface area contributed by atoms with Crippen molar-refractivity contribution in [2.24, 2.45) is 0 Å². The van der Waals surface area contributed by atoms with E-state index in [0.717, 1.165) is 22.9 Å². The van der Waals surface area contributed by atoms with Gasteiger partial charge in [-0.3, -0.25) is 4.72 Å². The summed E-state index contributed by atoms with van der Waals surface area (Å²) in [7, 11) is -3.70. The third-order valence-electron chi connectivity index (χ3n) is 4.36. The second-order valence-corrected chi connectivity index (χ2v) is 7.82. The molecule has 0 saturated heterocycles. The fourth-order valence-corrected chi connectivity index (χ4v) is 4.06. The molecule has 0 unspecified atom stereocenters. The second-order valence-electron chi connectivity index (χ2n) is 6.14. The molecule has 4 aromatic rings. The summed E-state index contributed by atoms with van der Waals surface area (Å²) in [5.74, 6) is 0.698. The number of nitrogens with zero attached hydrogens (tertiary/aromatic N) is 3. The smallest absolute Gasteiger partial charge is 0.261 e. The summed E-state index contributed by atoms with van der Waals surface area (Å²) < 4.78 is 30.2. The molecule has 0 radical (unpaired) electrons. The average molecular weight is 378 g/mol. The number of hydrogen-bond acceptors (Lipinski definition) is 4. The highest BCUT2D eigenvalue weighted by Crippen LogP contribution is 2.24. The number of benzene rings is 3. The van der Waals surface area contributed by atoms with Crippen LogP contribution in [0.2, 0.25) is 0 Å². The van der Waals surface area contributed by atoms with E-state index in [0.29, 0.717) is 11.5 Å². The Labute approximate surface area is 157 Å². The second kappa shape index (κ2) is 6.85. The summed E-state index contributed by atoms with van der Waals surface area (Å²) in [4.78, 5) is 0.225. The fourth-order valence-electron chi connectivity index (χ4n) is 2.98. The Balaban J connectivity index is 1.67. The van der Waals surface area contributed by atoms with Gasteiger partial charge in [0.05, 0.1) is 4.90 Å². The molecule has 0 saturated carbocycles. The van der Waals surface area contributed by atoms with E-state index >= 15 is 0 Å². The van der Waals surface area contributed by atoms with E-state index in [1.54, 1.807) is 36.7 Å². The van der Waals surface area contributed by atoms with Crippen LogP contribution >= 0.6 is 0 Å². The lowest BCUT2D eigenvalue weighted by atomic mass is 10.1. The summed E-state index contributed by atoms with van der Waals surface area (Å²) in [5, 5.41) is 9.92. The van der Waals surface area contributed by atoms with Gasteiger partial charge in [-0.2, -0.15) is 0 Å². The maximum absolute atomic E-state index is 12.8. The number of anilines is 1. The van der Waals surface area contributed by atoms with Crippen molar-refractivity contribution in [1.82, 2.24) is 14.8 Å². The molecule has 1 N–H and O–H groups in total. The molecule has 1 aromatic heterocycles. The summed E-state index contributed by atoms with van der Waals surface area (Å²) in [6.07, 6.45) is 1.65. The van der Waals surface area contributed by atoms with Gasteiger partial charge in [0, 0.05) is 17.8 Å². The predicted molar refractivity (Wildman–Crippen MR) is 106 cm³/mol. The first-order valence-electron chi connectivity index (χ1n) is 8.57. The summed E-state index contributed by atoms with van der Waals surface area (Å²) in [5.41, 5.74) is 1.28. The molecule has 0 fully saturated rings. The van der Waals surface area contributed by atoms with Gasteiger partial charge in [-0.25, -0.2) is 8.42 Å². The first kappa shape index (κ1) is 17.2. The van der Waals surface area contributed by atoms with Crippen molar-refractivity contribution in [3.63, 3.8) is 0 Å². The van der Waals surface area contributed by atoms with Crippen molar-refractivity contribution in [2.75, 3.05) is 4.72 Å². The molecule has 136 valence electrons. The zero-order valence-corrected chi connectivity index (χ0v) is 15.5. The molecule has 0 amide bonds. The third-order valence-corrected chi connectivity index (χ3v) is 5.74. The van der Waals surface area contributed by atoms with E-state index in [1.165, 1.54) is 0 Å². The van der Waals surface area contributed by atoms with Crippen LogP contribution in [0, 0.1) is 0 Å². The minimum Gasteiger partial charge on any atom is -0.314 e. The molecule has 0 spiro atoms. The lowest BCUT2D eigenvalue weighted by molar-refractivity contribution is 0.601.